The molecule has 0 aliphatic heterocycles. The van der Waals surface area contributed by atoms with E-state index in [-0.39, 0.29) is 18.2 Å². The Morgan fingerprint density at radius 1 is 1.25 bits per heavy atom. The van der Waals surface area contributed by atoms with Gasteiger partial charge in [0.1, 0.15) is 0 Å². The van der Waals surface area contributed by atoms with Gasteiger partial charge in [-0.15, -0.1) is 0 Å². The van der Waals surface area contributed by atoms with Gasteiger partial charge < -0.3 is 15.2 Å². The zero-order valence-electron chi connectivity index (χ0n) is 8.50. The van der Waals surface area contributed by atoms with Crippen molar-refractivity contribution in [1.82, 2.24) is 5.32 Å². The van der Waals surface area contributed by atoms with E-state index in [0.29, 0.717) is 6.61 Å². The lowest BCUT2D eigenvalue weighted by molar-refractivity contribution is 0.0744. The number of aliphatic hydroxyl groups is 1. The molecule has 0 aromatic heterocycles. The van der Waals surface area contributed by atoms with Crippen molar-refractivity contribution in [2.45, 2.75) is 45.9 Å². The second kappa shape index (κ2) is 6.40. The lowest BCUT2D eigenvalue weighted by atomic mass is 10.2. The van der Waals surface area contributed by atoms with Crippen LogP contribution in [0.5, 0.6) is 0 Å². The van der Waals surface area contributed by atoms with Gasteiger partial charge in [-0.1, -0.05) is 0 Å². The minimum Gasteiger partial charge on any atom is -0.392 e. The summed E-state index contributed by atoms with van der Waals surface area (Å²) in [6.45, 7) is 9.26. The van der Waals surface area contributed by atoms with E-state index in [0.717, 1.165) is 6.54 Å². The van der Waals surface area contributed by atoms with E-state index < -0.39 is 0 Å². The summed E-state index contributed by atoms with van der Waals surface area (Å²) in [5.74, 6) is 0. The third kappa shape index (κ3) is 6.58. The first-order valence-electron chi connectivity index (χ1n) is 4.57. The molecular formula is C9H21NO2. The molecule has 3 heteroatoms. The van der Waals surface area contributed by atoms with Crippen molar-refractivity contribution in [3.63, 3.8) is 0 Å². The quantitative estimate of drug-likeness (QED) is 0.586. The molecule has 0 saturated heterocycles. The summed E-state index contributed by atoms with van der Waals surface area (Å²) in [5, 5.41) is 12.3. The summed E-state index contributed by atoms with van der Waals surface area (Å²) in [7, 11) is 0. The zero-order chi connectivity index (χ0) is 9.56. The van der Waals surface area contributed by atoms with E-state index >= 15 is 0 Å². The molecule has 0 aromatic carbocycles. The van der Waals surface area contributed by atoms with Gasteiger partial charge in [-0.2, -0.15) is 0 Å². The average molecular weight is 175 g/mol. The first kappa shape index (κ1) is 11.9. The van der Waals surface area contributed by atoms with Crippen molar-refractivity contribution < 1.29 is 9.84 Å². The highest BCUT2D eigenvalue weighted by Crippen LogP contribution is 1.90. The molecule has 0 aliphatic rings. The summed E-state index contributed by atoms with van der Waals surface area (Å²) in [6.07, 6.45) is -0.0160. The van der Waals surface area contributed by atoms with Crippen LogP contribution in [0.3, 0.4) is 0 Å². The minimum atomic E-state index is -0.302. The molecule has 0 radical (unpaired) electrons. The van der Waals surface area contributed by atoms with Crippen LogP contribution in [0.1, 0.15) is 27.7 Å². The molecule has 0 fully saturated rings. The van der Waals surface area contributed by atoms with Gasteiger partial charge in [0, 0.05) is 12.6 Å². The van der Waals surface area contributed by atoms with Crippen LogP contribution in [-0.2, 0) is 4.74 Å². The summed E-state index contributed by atoms with van der Waals surface area (Å²) in [5.41, 5.74) is 0. The second-order valence-corrected chi connectivity index (χ2v) is 3.40. The maximum absolute atomic E-state index is 9.13. The SMILES string of the molecule is CC(C)OCCNC(C)C(C)O. The van der Waals surface area contributed by atoms with Crippen LogP contribution >= 0.6 is 0 Å². The Morgan fingerprint density at radius 2 is 1.83 bits per heavy atom. The summed E-state index contributed by atoms with van der Waals surface area (Å²) >= 11 is 0. The lowest BCUT2D eigenvalue weighted by Gasteiger charge is -2.16. The highest BCUT2D eigenvalue weighted by molar-refractivity contribution is 4.65. The summed E-state index contributed by atoms with van der Waals surface area (Å²) < 4.78 is 5.33. The first-order valence-corrected chi connectivity index (χ1v) is 4.57. The van der Waals surface area contributed by atoms with E-state index in [1.165, 1.54) is 0 Å². The molecule has 0 amide bonds. The van der Waals surface area contributed by atoms with Crippen molar-refractivity contribution in [3.05, 3.63) is 0 Å². The van der Waals surface area contributed by atoms with Crippen LogP contribution in [0, 0.1) is 0 Å². The van der Waals surface area contributed by atoms with Gasteiger partial charge in [0.15, 0.2) is 0 Å². The third-order valence-corrected chi connectivity index (χ3v) is 1.74. The van der Waals surface area contributed by atoms with E-state index in [1.54, 1.807) is 6.92 Å². The fourth-order valence-electron chi connectivity index (χ4n) is 0.752. The molecule has 2 N–H and O–H groups in total. The first-order chi connectivity index (χ1) is 5.54. The smallest absolute Gasteiger partial charge is 0.0662 e. The normalized spacial score (nSPS) is 16.5. The highest BCUT2D eigenvalue weighted by Gasteiger charge is 2.06. The predicted molar refractivity (Wildman–Crippen MR) is 50.2 cm³/mol. The predicted octanol–water partition coefficient (Wildman–Crippen LogP) is 0.770. The Labute approximate surface area is 75.1 Å². The summed E-state index contributed by atoms with van der Waals surface area (Å²) in [6, 6.07) is 0.140. The molecule has 2 unspecified atom stereocenters. The number of hydrogen-bond donors (Lipinski definition) is 2. The van der Waals surface area contributed by atoms with Crippen molar-refractivity contribution in [2.75, 3.05) is 13.2 Å². The number of nitrogens with one attached hydrogen (secondary N) is 1. The molecule has 0 spiro atoms. The molecule has 0 heterocycles. The Bertz CT molecular complexity index is 105. The standard InChI is InChI=1S/C9H21NO2/c1-7(2)12-6-5-10-8(3)9(4)11/h7-11H,5-6H2,1-4H3. The lowest BCUT2D eigenvalue weighted by Crippen LogP contribution is -2.37. The highest BCUT2D eigenvalue weighted by atomic mass is 16.5. The molecule has 0 bridgehead atoms. The molecule has 2 atom stereocenters. The Hall–Kier alpha value is -0.120. The van der Waals surface area contributed by atoms with Gasteiger partial charge >= 0.3 is 0 Å². The Morgan fingerprint density at radius 3 is 2.25 bits per heavy atom. The van der Waals surface area contributed by atoms with Crippen molar-refractivity contribution in [2.24, 2.45) is 0 Å². The van der Waals surface area contributed by atoms with Gasteiger partial charge in [-0.3, -0.25) is 0 Å². The molecule has 3 nitrogen and oxygen atoms in total. The van der Waals surface area contributed by atoms with Crippen molar-refractivity contribution in [1.29, 1.82) is 0 Å². The molecule has 0 rings (SSSR count). The number of ether oxygens (including phenoxy) is 1. The zero-order valence-corrected chi connectivity index (χ0v) is 8.50. The van der Waals surface area contributed by atoms with Gasteiger partial charge in [0.05, 0.1) is 18.8 Å². The largest absolute Gasteiger partial charge is 0.392 e. The third-order valence-electron chi connectivity index (χ3n) is 1.74. The molecule has 74 valence electrons. The second-order valence-electron chi connectivity index (χ2n) is 3.40. The van der Waals surface area contributed by atoms with E-state index in [1.807, 2.05) is 20.8 Å². The van der Waals surface area contributed by atoms with Gasteiger partial charge in [0.2, 0.25) is 0 Å². The topological polar surface area (TPSA) is 41.5 Å². The van der Waals surface area contributed by atoms with Gasteiger partial charge in [-0.05, 0) is 27.7 Å². The number of aliphatic hydroxyl groups excluding tert-OH is 1. The molecule has 12 heavy (non-hydrogen) atoms. The van der Waals surface area contributed by atoms with Crippen LogP contribution < -0.4 is 5.32 Å². The van der Waals surface area contributed by atoms with Crippen LogP contribution in [0.15, 0.2) is 0 Å². The summed E-state index contributed by atoms with van der Waals surface area (Å²) in [4.78, 5) is 0. The fourth-order valence-corrected chi connectivity index (χ4v) is 0.752. The Kier molecular flexibility index (Phi) is 6.34. The molecule has 0 saturated carbocycles. The van der Waals surface area contributed by atoms with Crippen LogP contribution in [0.4, 0.5) is 0 Å². The molecule has 0 aromatic rings. The van der Waals surface area contributed by atoms with Crippen LogP contribution in [0.2, 0.25) is 0 Å². The van der Waals surface area contributed by atoms with E-state index in [9.17, 15) is 0 Å². The maximum Gasteiger partial charge on any atom is 0.0662 e. The maximum atomic E-state index is 9.13. The average Bonchev–Trinajstić information content (AvgIpc) is 1.97. The number of rotatable bonds is 6. The number of hydrogen-bond acceptors (Lipinski definition) is 3. The van der Waals surface area contributed by atoms with Crippen molar-refractivity contribution >= 4 is 0 Å². The minimum absolute atomic E-state index is 0.140. The monoisotopic (exact) mass is 175 g/mol. The molecule has 0 aliphatic carbocycles. The van der Waals surface area contributed by atoms with E-state index in [4.69, 9.17) is 9.84 Å². The van der Waals surface area contributed by atoms with E-state index in [2.05, 4.69) is 5.32 Å². The fraction of sp³-hybridized carbons (Fsp3) is 1.00. The van der Waals surface area contributed by atoms with Crippen LogP contribution in [0.25, 0.3) is 0 Å². The van der Waals surface area contributed by atoms with Gasteiger partial charge in [-0.25, -0.2) is 0 Å². The van der Waals surface area contributed by atoms with Crippen LogP contribution in [-0.4, -0.2) is 36.5 Å². The Balaban J connectivity index is 3.20. The van der Waals surface area contributed by atoms with Gasteiger partial charge in [0.25, 0.3) is 0 Å². The van der Waals surface area contributed by atoms with Crippen molar-refractivity contribution in [3.8, 4) is 0 Å². The molecular weight excluding hydrogens is 154 g/mol.